The van der Waals surface area contributed by atoms with Gasteiger partial charge in [-0.05, 0) is 37.1 Å². The molecule has 1 aromatic carbocycles. The van der Waals surface area contributed by atoms with Gasteiger partial charge in [0.25, 0.3) is 0 Å². The molecule has 0 saturated heterocycles. The van der Waals surface area contributed by atoms with Crippen molar-refractivity contribution in [3.63, 3.8) is 0 Å². The molecule has 0 spiro atoms. The molecule has 28 heavy (non-hydrogen) atoms. The SMILES string of the molecule is Cn1c(CNCC2(COc3cccnc3)C[C@@H](O)[C@@H](O)C2)nc2ccccc21. The Morgan fingerprint density at radius 2 is 1.96 bits per heavy atom. The first kappa shape index (κ1) is 18.9. The Morgan fingerprint density at radius 3 is 2.68 bits per heavy atom. The Bertz CT molecular complexity index is 918. The van der Waals surface area contributed by atoms with Gasteiger partial charge in [0.2, 0.25) is 0 Å². The van der Waals surface area contributed by atoms with Gasteiger partial charge in [-0.2, -0.15) is 0 Å². The number of hydrogen-bond donors (Lipinski definition) is 3. The number of aliphatic hydroxyl groups is 2. The van der Waals surface area contributed by atoms with Crippen LogP contribution in [0.25, 0.3) is 11.0 Å². The van der Waals surface area contributed by atoms with E-state index in [1.54, 1.807) is 12.4 Å². The highest BCUT2D eigenvalue weighted by Crippen LogP contribution is 2.38. The molecule has 0 bridgehead atoms. The van der Waals surface area contributed by atoms with Crippen LogP contribution in [-0.4, -0.2) is 50.1 Å². The summed E-state index contributed by atoms with van der Waals surface area (Å²) in [5, 5.41) is 23.7. The predicted molar refractivity (Wildman–Crippen MR) is 106 cm³/mol. The first-order valence-electron chi connectivity index (χ1n) is 9.56. The quantitative estimate of drug-likeness (QED) is 0.575. The van der Waals surface area contributed by atoms with Crippen LogP contribution >= 0.6 is 0 Å². The molecule has 4 rings (SSSR count). The van der Waals surface area contributed by atoms with Gasteiger partial charge in [-0.3, -0.25) is 4.98 Å². The van der Waals surface area contributed by atoms with Gasteiger partial charge in [0.1, 0.15) is 11.6 Å². The van der Waals surface area contributed by atoms with Crippen LogP contribution in [0.1, 0.15) is 18.7 Å². The number of nitrogens with zero attached hydrogens (tertiary/aromatic N) is 3. The third-order valence-electron chi connectivity index (χ3n) is 5.57. The van der Waals surface area contributed by atoms with Gasteiger partial charge in [-0.1, -0.05) is 12.1 Å². The van der Waals surface area contributed by atoms with Crippen LogP contribution in [0.4, 0.5) is 0 Å². The molecule has 3 N–H and O–H groups in total. The van der Waals surface area contributed by atoms with Crippen LogP contribution in [-0.2, 0) is 13.6 Å². The zero-order valence-corrected chi connectivity index (χ0v) is 16.0. The van der Waals surface area contributed by atoms with Crippen LogP contribution in [0.5, 0.6) is 5.75 Å². The minimum atomic E-state index is -0.727. The van der Waals surface area contributed by atoms with E-state index < -0.39 is 12.2 Å². The molecule has 3 aromatic rings. The summed E-state index contributed by atoms with van der Waals surface area (Å²) >= 11 is 0. The number of aliphatic hydroxyl groups excluding tert-OH is 2. The molecule has 0 aliphatic heterocycles. The van der Waals surface area contributed by atoms with Crippen LogP contribution in [0.3, 0.4) is 0 Å². The van der Waals surface area contributed by atoms with Crippen molar-refractivity contribution in [3.8, 4) is 5.75 Å². The summed E-state index contributed by atoms with van der Waals surface area (Å²) < 4.78 is 8.00. The van der Waals surface area contributed by atoms with E-state index in [-0.39, 0.29) is 5.41 Å². The Morgan fingerprint density at radius 1 is 1.18 bits per heavy atom. The lowest BCUT2D eigenvalue weighted by Gasteiger charge is -2.29. The van der Waals surface area contributed by atoms with Crippen molar-refractivity contribution < 1.29 is 14.9 Å². The van der Waals surface area contributed by atoms with E-state index in [9.17, 15) is 10.2 Å². The zero-order valence-electron chi connectivity index (χ0n) is 16.0. The number of para-hydroxylation sites is 2. The molecule has 1 aliphatic carbocycles. The maximum absolute atomic E-state index is 10.1. The van der Waals surface area contributed by atoms with E-state index in [1.165, 1.54) is 0 Å². The van der Waals surface area contributed by atoms with Crippen molar-refractivity contribution in [2.45, 2.75) is 31.6 Å². The van der Waals surface area contributed by atoms with Crippen molar-refractivity contribution in [1.82, 2.24) is 19.9 Å². The molecule has 148 valence electrons. The normalized spacial score (nSPS) is 24.7. The second kappa shape index (κ2) is 7.87. The molecule has 1 aliphatic rings. The van der Waals surface area contributed by atoms with Crippen molar-refractivity contribution in [3.05, 3.63) is 54.6 Å². The molecular weight excluding hydrogens is 356 g/mol. The van der Waals surface area contributed by atoms with Gasteiger partial charge in [0, 0.05) is 25.2 Å². The van der Waals surface area contributed by atoms with E-state index in [0.717, 1.165) is 16.9 Å². The minimum absolute atomic E-state index is 0.348. The Balaban J connectivity index is 1.43. The Kier molecular flexibility index (Phi) is 5.30. The number of aryl methyl sites for hydroxylation is 1. The van der Waals surface area contributed by atoms with Gasteiger partial charge in [-0.25, -0.2) is 4.98 Å². The molecule has 1 saturated carbocycles. The number of benzene rings is 1. The number of aromatic nitrogens is 3. The van der Waals surface area contributed by atoms with Crippen LogP contribution < -0.4 is 10.1 Å². The molecule has 0 radical (unpaired) electrons. The molecular formula is C21H26N4O3. The second-order valence-corrected chi connectivity index (χ2v) is 7.70. The van der Waals surface area contributed by atoms with Gasteiger partial charge >= 0.3 is 0 Å². The lowest BCUT2D eigenvalue weighted by molar-refractivity contribution is 0.0438. The first-order chi connectivity index (χ1) is 13.6. The topological polar surface area (TPSA) is 92.4 Å². The molecule has 2 aromatic heterocycles. The summed E-state index contributed by atoms with van der Waals surface area (Å²) in [6.07, 6.45) is 2.89. The number of hydrogen-bond acceptors (Lipinski definition) is 6. The molecule has 1 fully saturated rings. The molecule has 7 heteroatoms. The van der Waals surface area contributed by atoms with Crippen LogP contribution in [0, 0.1) is 5.41 Å². The van der Waals surface area contributed by atoms with Gasteiger partial charge < -0.3 is 24.8 Å². The minimum Gasteiger partial charge on any atom is -0.491 e. The maximum atomic E-state index is 10.1. The first-order valence-corrected chi connectivity index (χ1v) is 9.56. The number of fused-ring (bicyclic) bond motifs is 1. The van der Waals surface area contributed by atoms with Gasteiger partial charge in [-0.15, -0.1) is 0 Å². The number of rotatable bonds is 7. The predicted octanol–water partition coefficient (Wildman–Crippen LogP) is 1.64. The van der Waals surface area contributed by atoms with Crippen molar-refractivity contribution in [2.24, 2.45) is 12.5 Å². The summed E-state index contributed by atoms with van der Waals surface area (Å²) in [6.45, 7) is 1.62. The number of pyridine rings is 1. The van der Waals surface area contributed by atoms with Gasteiger partial charge in [0.05, 0.1) is 42.6 Å². The van der Waals surface area contributed by atoms with Crippen molar-refractivity contribution in [1.29, 1.82) is 0 Å². The number of imidazole rings is 1. The maximum Gasteiger partial charge on any atom is 0.137 e. The van der Waals surface area contributed by atoms with Crippen molar-refractivity contribution >= 4 is 11.0 Å². The molecule has 2 heterocycles. The number of ether oxygens (including phenoxy) is 1. The highest BCUT2D eigenvalue weighted by molar-refractivity contribution is 5.75. The summed E-state index contributed by atoms with van der Waals surface area (Å²) in [5.41, 5.74) is 1.72. The fourth-order valence-corrected chi connectivity index (χ4v) is 4.02. The average Bonchev–Trinajstić information content (AvgIpc) is 3.18. The fraction of sp³-hybridized carbons (Fsp3) is 0.429. The van der Waals surface area contributed by atoms with E-state index in [2.05, 4.69) is 25.9 Å². The Hall–Kier alpha value is -2.48. The van der Waals surface area contributed by atoms with Crippen molar-refractivity contribution in [2.75, 3.05) is 13.2 Å². The van der Waals surface area contributed by atoms with E-state index in [1.807, 2.05) is 37.4 Å². The largest absolute Gasteiger partial charge is 0.491 e. The second-order valence-electron chi connectivity index (χ2n) is 7.70. The Labute approximate surface area is 164 Å². The van der Waals surface area contributed by atoms with E-state index in [0.29, 0.717) is 38.3 Å². The summed E-state index contributed by atoms with van der Waals surface area (Å²) in [7, 11) is 2.01. The third-order valence-corrected chi connectivity index (χ3v) is 5.57. The molecule has 0 amide bonds. The molecule has 7 nitrogen and oxygen atoms in total. The van der Waals surface area contributed by atoms with Crippen LogP contribution in [0.2, 0.25) is 0 Å². The third kappa shape index (κ3) is 3.87. The molecule has 1 unspecified atom stereocenters. The highest BCUT2D eigenvalue weighted by atomic mass is 16.5. The average molecular weight is 382 g/mol. The summed E-state index contributed by atoms with van der Waals surface area (Å²) in [4.78, 5) is 8.75. The summed E-state index contributed by atoms with van der Waals surface area (Å²) in [5.74, 6) is 1.64. The fourth-order valence-electron chi connectivity index (χ4n) is 4.02. The van der Waals surface area contributed by atoms with E-state index >= 15 is 0 Å². The monoisotopic (exact) mass is 382 g/mol. The highest BCUT2D eigenvalue weighted by Gasteiger charge is 2.44. The summed E-state index contributed by atoms with van der Waals surface area (Å²) in [6, 6.07) is 11.7. The lowest BCUT2D eigenvalue weighted by atomic mass is 9.86. The lowest BCUT2D eigenvalue weighted by Crippen LogP contribution is -2.38. The standard InChI is InChI=1S/C21H26N4O3/c1-25-17-7-3-2-6-16(17)24-20(25)12-23-13-21(9-18(26)19(27)10-21)14-28-15-5-4-8-22-11-15/h2-8,11,18-19,23,26-27H,9-10,12-14H2,1H3/t18-,19+,21?. The van der Waals surface area contributed by atoms with E-state index in [4.69, 9.17) is 4.74 Å². The smallest absolute Gasteiger partial charge is 0.137 e. The van der Waals surface area contributed by atoms with Gasteiger partial charge in [0.15, 0.2) is 0 Å². The molecule has 3 atom stereocenters. The van der Waals surface area contributed by atoms with Crippen LogP contribution in [0.15, 0.2) is 48.8 Å². The number of nitrogens with one attached hydrogen (secondary N) is 1. The zero-order chi connectivity index (χ0) is 19.6.